The van der Waals surface area contributed by atoms with Gasteiger partial charge in [-0.25, -0.2) is 4.57 Å². The van der Waals surface area contributed by atoms with Crippen LogP contribution in [0.3, 0.4) is 0 Å². The molecule has 1 aromatic carbocycles. The maximum absolute atomic E-state index is 12.1. The Bertz CT molecular complexity index is 450. The molecule has 6 nitrogen and oxygen atoms in total. The second kappa shape index (κ2) is 6.87. The van der Waals surface area contributed by atoms with E-state index in [1.54, 1.807) is 6.92 Å². The molecule has 0 spiro atoms. The zero-order valence-electron chi connectivity index (χ0n) is 9.74. The molecule has 0 amide bonds. The highest BCUT2D eigenvalue weighted by molar-refractivity contribution is 9.09. The van der Waals surface area contributed by atoms with Gasteiger partial charge in [0.15, 0.2) is 0 Å². The number of nitro groups is 1. The van der Waals surface area contributed by atoms with Crippen molar-refractivity contribution in [1.82, 2.24) is 0 Å². The summed E-state index contributed by atoms with van der Waals surface area (Å²) in [6, 6.07) is 5.38. The number of hydrogen-bond acceptors (Lipinski definition) is 5. The van der Waals surface area contributed by atoms with Gasteiger partial charge < -0.3 is 4.52 Å². The zero-order valence-corrected chi connectivity index (χ0v) is 12.2. The van der Waals surface area contributed by atoms with Crippen LogP contribution in [-0.2, 0) is 9.09 Å². The zero-order chi connectivity index (χ0) is 13.6. The van der Waals surface area contributed by atoms with Gasteiger partial charge in [-0.15, -0.1) is 0 Å². The highest BCUT2D eigenvalue weighted by atomic mass is 79.9. The summed E-state index contributed by atoms with van der Waals surface area (Å²) in [6.45, 7) is 1.97. The van der Waals surface area contributed by atoms with E-state index in [-0.39, 0.29) is 18.5 Å². The van der Waals surface area contributed by atoms with E-state index in [4.69, 9.17) is 9.05 Å². The Kier molecular flexibility index (Phi) is 5.78. The third kappa shape index (κ3) is 4.40. The van der Waals surface area contributed by atoms with Gasteiger partial charge in [-0.1, -0.05) is 22.9 Å². The smallest absolute Gasteiger partial charge is 0.378 e. The van der Waals surface area contributed by atoms with Crippen LogP contribution in [0.5, 0.6) is 5.75 Å². The molecule has 0 bridgehead atoms. The Labute approximate surface area is 113 Å². The SMILES string of the molecule is CC[P@](=O)(OCCBr)Oc1ccc([N+](=O)[O-])cc1. The Balaban J connectivity index is 2.76. The summed E-state index contributed by atoms with van der Waals surface area (Å²) in [5.41, 5.74) is -0.0462. The van der Waals surface area contributed by atoms with Crippen LogP contribution in [0.1, 0.15) is 6.92 Å². The molecule has 0 aliphatic rings. The average Bonchev–Trinajstić information content (AvgIpc) is 2.37. The monoisotopic (exact) mass is 337 g/mol. The molecule has 0 aromatic heterocycles. The van der Waals surface area contributed by atoms with Crippen molar-refractivity contribution in [2.75, 3.05) is 18.1 Å². The summed E-state index contributed by atoms with van der Waals surface area (Å²) in [6.07, 6.45) is 0.233. The molecular weight excluding hydrogens is 325 g/mol. The molecule has 100 valence electrons. The van der Waals surface area contributed by atoms with Crippen molar-refractivity contribution in [3.05, 3.63) is 34.4 Å². The maximum atomic E-state index is 12.1. The van der Waals surface area contributed by atoms with Crippen molar-refractivity contribution < 1.29 is 18.5 Å². The lowest BCUT2D eigenvalue weighted by Gasteiger charge is -2.17. The van der Waals surface area contributed by atoms with Crippen molar-refractivity contribution in [2.45, 2.75) is 6.92 Å². The predicted octanol–water partition coefficient (Wildman–Crippen LogP) is 3.60. The van der Waals surface area contributed by atoms with Crippen LogP contribution in [0, 0.1) is 10.1 Å². The first-order valence-corrected chi connectivity index (χ1v) is 8.09. The number of alkyl halides is 1. The van der Waals surface area contributed by atoms with E-state index in [0.717, 1.165) is 0 Å². The fraction of sp³-hybridized carbons (Fsp3) is 0.400. The number of hydrogen-bond donors (Lipinski definition) is 0. The molecule has 1 aromatic rings. The van der Waals surface area contributed by atoms with Gasteiger partial charge in [0.1, 0.15) is 5.75 Å². The normalized spacial score (nSPS) is 13.9. The maximum Gasteiger partial charge on any atom is 0.378 e. The molecule has 0 fully saturated rings. The predicted molar refractivity (Wildman–Crippen MR) is 71.6 cm³/mol. The first kappa shape index (κ1) is 15.1. The van der Waals surface area contributed by atoms with Gasteiger partial charge in [0, 0.05) is 17.5 Å². The average molecular weight is 338 g/mol. The standard InChI is InChI=1S/C10H13BrNO5P/c1-2-18(15,16-8-7-11)17-10-5-3-9(4-6-10)12(13)14/h3-6H,2,7-8H2,1H3/t18-/m0/s1. The van der Waals surface area contributed by atoms with Crippen LogP contribution in [0.25, 0.3) is 0 Å². The molecule has 0 aliphatic heterocycles. The van der Waals surface area contributed by atoms with E-state index in [1.165, 1.54) is 24.3 Å². The molecule has 0 radical (unpaired) electrons. The quantitative estimate of drug-likeness (QED) is 0.328. The number of nitrogens with zero attached hydrogens (tertiary/aromatic N) is 1. The molecule has 0 saturated carbocycles. The first-order chi connectivity index (χ1) is 8.50. The molecule has 0 heterocycles. The number of rotatable bonds is 7. The number of nitro benzene ring substituents is 1. The van der Waals surface area contributed by atoms with Gasteiger partial charge in [0.05, 0.1) is 17.7 Å². The van der Waals surface area contributed by atoms with E-state index in [1.807, 2.05) is 0 Å². The third-order valence-corrected chi connectivity index (χ3v) is 4.21. The summed E-state index contributed by atoms with van der Waals surface area (Å²) in [4.78, 5) is 9.97. The van der Waals surface area contributed by atoms with Crippen molar-refractivity contribution in [2.24, 2.45) is 0 Å². The van der Waals surface area contributed by atoms with Gasteiger partial charge >= 0.3 is 7.60 Å². The summed E-state index contributed by atoms with van der Waals surface area (Å²) in [5.74, 6) is 0.292. The minimum Gasteiger partial charge on any atom is -0.424 e. The highest BCUT2D eigenvalue weighted by Crippen LogP contribution is 2.47. The molecule has 0 N–H and O–H groups in total. The molecule has 18 heavy (non-hydrogen) atoms. The molecule has 0 unspecified atom stereocenters. The summed E-state index contributed by atoms with van der Waals surface area (Å²) < 4.78 is 22.6. The summed E-state index contributed by atoms with van der Waals surface area (Å²) in [5, 5.41) is 11.0. The largest absolute Gasteiger partial charge is 0.424 e. The van der Waals surface area contributed by atoms with E-state index in [0.29, 0.717) is 11.1 Å². The summed E-state index contributed by atoms with van der Waals surface area (Å²) in [7, 11) is -3.18. The third-order valence-electron chi connectivity index (χ3n) is 2.04. The minimum absolute atomic E-state index is 0.0462. The highest BCUT2D eigenvalue weighted by Gasteiger charge is 2.23. The van der Waals surface area contributed by atoms with Crippen LogP contribution in [0.2, 0.25) is 0 Å². The van der Waals surface area contributed by atoms with Crippen LogP contribution in [-0.4, -0.2) is 23.0 Å². The van der Waals surface area contributed by atoms with Crippen molar-refractivity contribution in [3.63, 3.8) is 0 Å². The van der Waals surface area contributed by atoms with Crippen LogP contribution in [0.4, 0.5) is 5.69 Å². The molecule has 8 heteroatoms. The lowest BCUT2D eigenvalue weighted by atomic mass is 10.3. The van der Waals surface area contributed by atoms with Crippen molar-refractivity contribution in [1.29, 1.82) is 0 Å². The van der Waals surface area contributed by atoms with E-state index < -0.39 is 12.5 Å². The molecule has 0 saturated heterocycles. The molecular formula is C10H13BrNO5P. The number of non-ortho nitro benzene ring substituents is 1. The van der Waals surface area contributed by atoms with Gasteiger partial charge in [0.2, 0.25) is 0 Å². The van der Waals surface area contributed by atoms with Gasteiger partial charge in [-0.05, 0) is 12.1 Å². The van der Waals surface area contributed by atoms with Crippen molar-refractivity contribution >= 4 is 29.2 Å². The number of halogens is 1. The van der Waals surface area contributed by atoms with E-state index >= 15 is 0 Å². The molecule has 1 rings (SSSR count). The van der Waals surface area contributed by atoms with E-state index in [2.05, 4.69) is 15.9 Å². The van der Waals surface area contributed by atoms with Gasteiger partial charge in [-0.3, -0.25) is 14.6 Å². The Morgan fingerprint density at radius 1 is 1.39 bits per heavy atom. The fourth-order valence-electron chi connectivity index (χ4n) is 1.15. The summed E-state index contributed by atoms with van der Waals surface area (Å²) >= 11 is 3.17. The van der Waals surface area contributed by atoms with Crippen LogP contribution >= 0.6 is 23.5 Å². The fourth-order valence-corrected chi connectivity index (χ4v) is 2.73. The van der Waals surface area contributed by atoms with Crippen molar-refractivity contribution in [3.8, 4) is 5.75 Å². The Morgan fingerprint density at radius 2 is 2.00 bits per heavy atom. The van der Waals surface area contributed by atoms with Crippen LogP contribution in [0.15, 0.2) is 24.3 Å². The topological polar surface area (TPSA) is 78.7 Å². The Hall–Kier alpha value is -0.910. The van der Waals surface area contributed by atoms with Gasteiger partial charge in [0.25, 0.3) is 5.69 Å². The lowest BCUT2D eigenvalue weighted by Crippen LogP contribution is -2.02. The first-order valence-electron chi connectivity index (χ1n) is 5.24. The Morgan fingerprint density at radius 3 is 2.44 bits per heavy atom. The second-order valence-electron chi connectivity index (χ2n) is 3.29. The lowest BCUT2D eigenvalue weighted by molar-refractivity contribution is -0.384. The minimum atomic E-state index is -3.18. The number of benzene rings is 1. The van der Waals surface area contributed by atoms with Crippen LogP contribution < -0.4 is 4.52 Å². The molecule has 0 aliphatic carbocycles. The molecule has 1 atom stereocenters. The second-order valence-corrected chi connectivity index (χ2v) is 6.38. The van der Waals surface area contributed by atoms with Gasteiger partial charge in [-0.2, -0.15) is 0 Å². The van der Waals surface area contributed by atoms with E-state index in [9.17, 15) is 14.7 Å².